The number of rotatable bonds is 8. The van der Waals surface area contributed by atoms with Gasteiger partial charge in [-0.3, -0.25) is 4.79 Å². The van der Waals surface area contributed by atoms with Gasteiger partial charge in [0, 0.05) is 22.5 Å². The van der Waals surface area contributed by atoms with Crippen LogP contribution < -0.4 is 4.74 Å². The van der Waals surface area contributed by atoms with Crippen LogP contribution in [0.5, 0.6) is 5.75 Å². The number of carbonyl (C=O) groups excluding carboxylic acids is 1. The molecule has 2 aromatic rings. The fourth-order valence-corrected chi connectivity index (χ4v) is 5.28. The summed E-state index contributed by atoms with van der Waals surface area (Å²) in [6, 6.07) is 13.9. The normalized spacial score (nSPS) is 16.4. The van der Waals surface area contributed by atoms with Crippen molar-refractivity contribution in [3.8, 4) is 11.8 Å². The van der Waals surface area contributed by atoms with E-state index in [0.717, 1.165) is 17.3 Å². The molecule has 0 spiro atoms. The van der Waals surface area contributed by atoms with Crippen molar-refractivity contribution in [2.24, 2.45) is 10.2 Å². The Morgan fingerprint density at radius 1 is 1.19 bits per heavy atom. The van der Waals surface area contributed by atoms with E-state index in [9.17, 15) is 4.79 Å². The van der Waals surface area contributed by atoms with Gasteiger partial charge in [0.1, 0.15) is 12.4 Å². The number of ether oxygens (including phenoxy) is 2. The molecule has 0 amide bonds. The molecule has 3 rings (SSSR count). The molecule has 0 N–H and O–H groups in total. The number of halogens is 1. The van der Waals surface area contributed by atoms with E-state index in [0.29, 0.717) is 39.6 Å². The van der Waals surface area contributed by atoms with Crippen LogP contribution in [0.15, 0.2) is 64.8 Å². The van der Waals surface area contributed by atoms with Crippen LogP contribution in [0.3, 0.4) is 0 Å². The monoisotopic (exact) mass is 487 g/mol. The van der Waals surface area contributed by atoms with Crippen LogP contribution in [0.4, 0.5) is 11.4 Å². The van der Waals surface area contributed by atoms with E-state index in [4.69, 9.17) is 26.3 Å². The first-order valence-corrected chi connectivity index (χ1v) is 12.5. The van der Waals surface area contributed by atoms with Gasteiger partial charge in [0.25, 0.3) is 0 Å². The standard InChI is InChI=1S/C23H22ClN3O3S2/c1-16-13-31-15-20(32-14-16)12-30-23(28)8-9-29-22-7-6-19(10-21(22)24)27-26-18-4-2-17(11-25)3-5-18/h2-7,10,20H,1,8-9,12-15H2/b27-26+. The lowest BCUT2D eigenvalue weighted by Crippen LogP contribution is -2.19. The van der Waals surface area contributed by atoms with Crippen LogP contribution in [-0.4, -0.2) is 41.7 Å². The number of carbonyl (C=O) groups is 1. The van der Waals surface area contributed by atoms with Crippen molar-refractivity contribution < 1.29 is 14.3 Å². The average Bonchev–Trinajstić information content (AvgIpc) is 3.02. The SMILES string of the molecule is C=C1CSCC(COC(=O)CCOc2ccc(/N=N/c3ccc(C#N)cc3)cc2Cl)SC1. The summed E-state index contributed by atoms with van der Waals surface area (Å²) in [4.78, 5) is 12.0. The summed E-state index contributed by atoms with van der Waals surface area (Å²) in [6.07, 6.45) is 0.147. The second kappa shape index (κ2) is 12.5. The molecular formula is C23H22ClN3O3S2. The molecule has 0 aliphatic carbocycles. The molecule has 1 heterocycles. The molecule has 0 radical (unpaired) electrons. The zero-order valence-electron chi connectivity index (χ0n) is 17.3. The summed E-state index contributed by atoms with van der Waals surface area (Å²) < 4.78 is 11.0. The predicted molar refractivity (Wildman–Crippen MR) is 131 cm³/mol. The third kappa shape index (κ3) is 7.90. The predicted octanol–water partition coefficient (Wildman–Crippen LogP) is 6.34. The van der Waals surface area contributed by atoms with E-state index >= 15 is 0 Å². The van der Waals surface area contributed by atoms with Gasteiger partial charge in [-0.15, -0.1) is 11.8 Å². The zero-order chi connectivity index (χ0) is 22.8. The Bertz CT molecular complexity index is 1020. The minimum Gasteiger partial charge on any atom is -0.491 e. The summed E-state index contributed by atoms with van der Waals surface area (Å²) in [7, 11) is 0. The van der Waals surface area contributed by atoms with Crippen molar-refractivity contribution >= 4 is 52.5 Å². The van der Waals surface area contributed by atoms with Crippen LogP contribution in [-0.2, 0) is 9.53 Å². The lowest BCUT2D eigenvalue weighted by molar-refractivity contribution is -0.144. The topological polar surface area (TPSA) is 84.0 Å². The number of thioether (sulfide) groups is 2. The number of hydrogen-bond acceptors (Lipinski definition) is 8. The van der Waals surface area contributed by atoms with Gasteiger partial charge in [-0.2, -0.15) is 27.3 Å². The Labute approximate surface area is 201 Å². The molecule has 166 valence electrons. The fourth-order valence-electron chi connectivity index (χ4n) is 2.65. The number of nitriles is 1. The number of esters is 1. The highest BCUT2D eigenvalue weighted by Gasteiger charge is 2.17. The molecule has 1 unspecified atom stereocenters. The first-order chi connectivity index (χ1) is 15.5. The first-order valence-electron chi connectivity index (χ1n) is 9.89. The minimum atomic E-state index is -0.289. The average molecular weight is 488 g/mol. The summed E-state index contributed by atoms with van der Waals surface area (Å²) in [6.45, 7) is 4.60. The summed E-state index contributed by atoms with van der Waals surface area (Å²) in [5.41, 5.74) is 2.98. The molecule has 0 bridgehead atoms. The number of hydrogen-bond donors (Lipinski definition) is 0. The van der Waals surface area contributed by atoms with E-state index in [-0.39, 0.29) is 19.0 Å². The second-order valence-electron chi connectivity index (χ2n) is 6.95. The van der Waals surface area contributed by atoms with Crippen molar-refractivity contribution in [1.82, 2.24) is 0 Å². The van der Waals surface area contributed by atoms with Crippen LogP contribution in [0.2, 0.25) is 5.02 Å². The van der Waals surface area contributed by atoms with Gasteiger partial charge in [0.15, 0.2) is 0 Å². The third-order valence-corrected chi connectivity index (χ3v) is 7.43. The van der Waals surface area contributed by atoms with Gasteiger partial charge in [-0.1, -0.05) is 23.8 Å². The lowest BCUT2D eigenvalue weighted by Gasteiger charge is -2.13. The molecule has 32 heavy (non-hydrogen) atoms. The van der Waals surface area contributed by atoms with E-state index < -0.39 is 0 Å². The van der Waals surface area contributed by atoms with Crippen LogP contribution >= 0.6 is 35.1 Å². The number of azo groups is 1. The van der Waals surface area contributed by atoms with E-state index in [1.807, 2.05) is 11.8 Å². The maximum Gasteiger partial charge on any atom is 0.309 e. The molecule has 9 heteroatoms. The van der Waals surface area contributed by atoms with Gasteiger partial charge >= 0.3 is 5.97 Å². The van der Waals surface area contributed by atoms with Crippen LogP contribution in [0.1, 0.15) is 12.0 Å². The lowest BCUT2D eigenvalue weighted by atomic mass is 10.2. The minimum absolute atomic E-state index is 0.147. The Balaban J connectivity index is 1.42. The molecule has 0 aromatic heterocycles. The maximum atomic E-state index is 12.0. The zero-order valence-corrected chi connectivity index (χ0v) is 19.7. The smallest absolute Gasteiger partial charge is 0.309 e. The van der Waals surface area contributed by atoms with Gasteiger partial charge in [0.05, 0.1) is 41.1 Å². The van der Waals surface area contributed by atoms with E-state index in [1.54, 1.807) is 54.2 Å². The Kier molecular flexibility index (Phi) is 9.47. The van der Waals surface area contributed by atoms with Crippen LogP contribution in [0, 0.1) is 11.3 Å². The largest absolute Gasteiger partial charge is 0.491 e. The van der Waals surface area contributed by atoms with Gasteiger partial charge in [-0.05, 0) is 42.5 Å². The first kappa shape index (κ1) is 24.2. The molecule has 0 saturated carbocycles. The molecule has 1 fully saturated rings. The highest BCUT2D eigenvalue weighted by molar-refractivity contribution is 8.04. The number of benzene rings is 2. The highest BCUT2D eigenvalue weighted by atomic mass is 35.5. The number of nitrogens with zero attached hydrogens (tertiary/aromatic N) is 3. The van der Waals surface area contributed by atoms with Gasteiger partial charge in [0.2, 0.25) is 0 Å². The molecule has 1 aliphatic rings. The molecule has 1 saturated heterocycles. The maximum absolute atomic E-state index is 12.0. The third-order valence-electron chi connectivity index (χ3n) is 4.32. The second-order valence-corrected chi connectivity index (χ2v) is 9.68. The van der Waals surface area contributed by atoms with Gasteiger partial charge in [-0.25, -0.2) is 0 Å². The Morgan fingerprint density at radius 3 is 2.69 bits per heavy atom. The van der Waals surface area contributed by atoms with E-state index in [2.05, 4.69) is 22.9 Å². The van der Waals surface area contributed by atoms with E-state index in [1.165, 1.54) is 5.57 Å². The Morgan fingerprint density at radius 2 is 1.94 bits per heavy atom. The molecular weight excluding hydrogens is 466 g/mol. The summed E-state index contributed by atoms with van der Waals surface area (Å²) in [5.74, 6) is 3.02. The van der Waals surface area contributed by atoms with Crippen molar-refractivity contribution in [2.45, 2.75) is 11.7 Å². The molecule has 2 aromatic carbocycles. The molecule has 6 nitrogen and oxygen atoms in total. The Hall–Kier alpha value is -2.47. The summed E-state index contributed by atoms with van der Waals surface area (Å²) >= 11 is 9.88. The van der Waals surface area contributed by atoms with Gasteiger partial charge < -0.3 is 9.47 Å². The quantitative estimate of drug-likeness (QED) is 0.245. The van der Waals surface area contributed by atoms with Crippen molar-refractivity contribution in [2.75, 3.05) is 30.5 Å². The fraction of sp³-hybridized carbons (Fsp3) is 0.304. The summed E-state index contributed by atoms with van der Waals surface area (Å²) in [5, 5.41) is 17.8. The highest BCUT2D eigenvalue weighted by Crippen LogP contribution is 2.30. The molecule has 1 aliphatic heterocycles. The molecule has 1 atom stereocenters. The van der Waals surface area contributed by atoms with Crippen molar-refractivity contribution in [3.05, 3.63) is 65.2 Å². The van der Waals surface area contributed by atoms with Crippen molar-refractivity contribution in [3.63, 3.8) is 0 Å². The van der Waals surface area contributed by atoms with Crippen molar-refractivity contribution in [1.29, 1.82) is 5.26 Å². The van der Waals surface area contributed by atoms with Crippen LogP contribution in [0.25, 0.3) is 0 Å².